The Labute approximate surface area is 310 Å². The molecule has 0 saturated heterocycles. The number of fused-ring (bicyclic) bond motifs is 13. The van der Waals surface area contributed by atoms with Crippen LogP contribution in [-0.2, 0) is 7.05 Å². The molecule has 2 aliphatic heterocycles. The zero-order valence-corrected chi connectivity index (χ0v) is 29.8. The molecule has 0 N–H and O–H groups in total. The average Bonchev–Trinajstić information content (AvgIpc) is 3.87. The second-order valence-electron chi connectivity index (χ2n) is 15.2. The molecule has 0 atom stereocenters. The van der Waals surface area contributed by atoms with Crippen LogP contribution in [0, 0.1) is 6.92 Å². The zero-order chi connectivity index (χ0) is 35.4. The van der Waals surface area contributed by atoms with E-state index in [0.717, 1.165) is 44.3 Å². The number of aryl methyl sites for hydroxylation is 2. The summed E-state index contributed by atoms with van der Waals surface area (Å²) in [5, 5.41) is 7.43. The Morgan fingerprint density at radius 3 is 1.78 bits per heavy atom. The van der Waals surface area contributed by atoms with Crippen LogP contribution in [0.15, 0.2) is 156 Å². The first kappa shape index (κ1) is 28.7. The molecule has 6 heterocycles. The van der Waals surface area contributed by atoms with Crippen LogP contribution >= 0.6 is 0 Å². The summed E-state index contributed by atoms with van der Waals surface area (Å²) in [6, 6.07) is 54.0. The first-order valence-electron chi connectivity index (χ1n) is 18.8. The first-order chi connectivity index (χ1) is 26.7. The lowest BCUT2D eigenvalue weighted by Gasteiger charge is -2.34. The Morgan fingerprint density at radius 2 is 1.11 bits per heavy atom. The zero-order valence-electron chi connectivity index (χ0n) is 29.8. The van der Waals surface area contributed by atoms with E-state index in [1.807, 2.05) is 0 Å². The minimum atomic E-state index is 0.101. The number of aromatic nitrogens is 3. The maximum absolute atomic E-state index is 7.12. The fourth-order valence-electron chi connectivity index (χ4n) is 10.3. The molecule has 11 aromatic rings. The Morgan fingerprint density at radius 1 is 0.537 bits per heavy atom. The summed E-state index contributed by atoms with van der Waals surface area (Å²) in [6.45, 7) is 2.28. The van der Waals surface area contributed by atoms with Crippen molar-refractivity contribution in [3.05, 3.63) is 157 Å². The van der Waals surface area contributed by atoms with Gasteiger partial charge in [-0.25, -0.2) is 4.57 Å². The van der Waals surface area contributed by atoms with Crippen molar-refractivity contribution >= 4 is 88.7 Å². The number of furan rings is 1. The van der Waals surface area contributed by atoms with Crippen LogP contribution in [0.5, 0.6) is 0 Å². The maximum Gasteiger partial charge on any atom is 0.252 e. The third-order valence-electron chi connectivity index (χ3n) is 12.5. The molecule has 4 nitrogen and oxygen atoms in total. The summed E-state index contributed by atoms with van der Waals surface area (Å²) >= 11 is 0. The normalized spacial score (nSPS) is 13.0. The van der Waals surface area contributed by atoms with E-state index in [9.17, 15) is 0 Å². The molecule has 13 rings (SSSR count). The standard InChI is InChI=1S/C49H31BN3O/c1-28-23-24-36-35-17-9-14-30(48(35)54-49(36)44(28)41-22-7-8-25-51(41)2)29-26-42-45-43(27-29)53-40-21-6-4-13-32(40)34-16-11-19-38(47(34)53)50(45)37-18-10-15-33-31-12-3-5-20-39(31)52(42)46(33)37/h3-27H,1-2H3/q+1. The Balaban J connectivity index is 1.20. The van der Waals surface area contributed by atoms with Gasteiger partial charge in [0.25, 0.3) is 6.71 Å². The van der Waals surface area contributed by atoms with Crippen molar-refractivity contribution < 1.29 is 8.98 Å². The van der Waals surface area contributed by atoms with Crippen molar-refractivity contribution in [2.75, 3.05) is 0 Å². The number of pyridine rings is 1. The first-order valence-corrected chi connectivity index (χ1v) is 18.8. The van der Waals surface area contributed by atoms with Crippen molar-refractivity contribution in [2.45, 2.75) is 6.92 Å². The molecule has 0 saturated carbocycles. The summed E-state index contributed by atoms with van der Waals surface area (Å²) in [6.07, 6.45) is 2.10. The molecule has 4 aromatic heterocycles. The van der Waals surface area contributed by atoms with Gasteiger partial charge in [-0.1, -0.05) is 103 Å². The van der Waals surface area contributed by atoms with Crippen molar-refractivity contribution in [2.24, 2.45) is 7.05 Å². The molecule has 7 aromatic carbocycles. The second-order valence-corrected chi connectivity index (χ2v) is 15.2. The number of nitrogens with zero attached hydrogens (tertiary/aromatic N) is 3. The van der Waals surface area contributed by atoms with Crippen LogP contribution < -0.4 is 21.0 Å². The molecule has 2 aliphatic rings. The molecule has 0 spiro atoms. The summed E-state index contributed by atoms with van der Waals surface area (Å²) in [4.78, 5) is 0. The fraction of sp³-hybridized carbons (Fsp3) is 0.0408. The van der Waals surface area contributed by atoms with Gasteiger partial charge in [0.05, 0.1) is 16.6 Å². The summed E-state index contributed by atoms with van der Waals surface area (Å²) in [5.41, 5.74) is 19.2. The number of rotatable bonds is 2. The molecule has 0 aliphatic carbocycles. The van der Waals surface area contributed by atoms with Gasteiger partial charge in [0.1, 0.15) is 18.2 Å². The number of hydrogen-bond acceptors (Lipinski definition) is 1. The fourth-order valence-corrected chi connectivity index (χ4v) is 10.3. The SMILES string of the molecule is Cc1ccc2c(oc3c(-c4cc5c6c(c4)-n4c7ccccc7c7cccc(c74)B6c4cccc6c7ccccc7n-5c46)cccc32)c1-c1cccc[n+]1C. The molecule has 54 heavy (non-hydrogen) atoms. The minimum Gasteiger partial charge on any atom is -0.454 e. The monoisotopic (exact) mass is 688 g/mol. The number of para-hydroxylation sites is 5. The van der Waals surface area contributed by atoms with E-state index < -0.39 is 0 Å². The van der Waals surface area contributed by atoms with Crippen LogP contribution in [-0.4, -0.2) is 15.8 Å². The van der Waals surface area contributed by atoms with Crippen molar-refractivity contribution in [3.63, 3.8) is 0 Å². The highest BCUT2D eigenvalue weighted by molar-refractivity contribution is 7.00. The molecular formula is C49H31BN3O+. The summed E-state index contributed by atoms with van der Waals surface area (Å²) in [5.74, 6) is 0. The van der Waals surface area contributed by atoms with E-state index in [0.29, 0.717) is 0 Å². The van der Waals surface area contributed by atoms with E-state index in [1.165, 1.54) is 76.9 Å². The van der Waals surface area contributed by atoms with Crippen molar-refractivity contribution in [1.29, 1.82) is 0 Å². The quantitative estimate of drug-likeness (QED) is 0.131. The van der Waals surface area contributed by atoms with Gasteiger partial charge in [0.2, 0.25) is 5.69 Å². The molecule has 0 amide bonds. The van der Waals surface area contributed by atoms with E-state index in [1.54, 1.807) is 0 Å². The molecule has 0 radical (unpaired) electrons. The van der Waals surface area contributed by atoms with Crippen LogP contribution in [0.2, 0.25) is 0 Å². The Kier molecular flexibility index (Phi) is 5.30. The lowest BCUT2D eigenvalue weighted by atomic mass is 9.34. The van der Waals surface area contributed by atoms with Gasteiger partial charge in [0, 0.05) is 72.4 Å². The van der Waals surface area contributed by atoms with Gasteiger partial charge in [-0.15, -0.1) is 0 Å². The molecule has 0 unspecified atom stereocenters. The van der Waals surface area contributed by atoms with E-state index in [-0.39, 0.29) is 6.71 Å². The lowest BCUT2D eigenvalue weighted by Crippen LogP contribution is -2.59. The highest BCUT2D eigenvalue weighted by atomic mass is 16.3. The number of hydrogen-bond donors (Lipinski definition) is 0. The third-order valence-corrected chi connectivity index (χ3v) is 12.5. The molecule has 0 fully saturated rings. The Bertz CT molecular complexity index is 3350. The van der Waals surface area contributed by atoms with E-state index in [2.05, 4.69) is 179 Å². The largest absolute Gasteiger partial charge is 0.454 e. The third kappa shape index (κ3) is 3.39. The van der Waals surface area contributed by atoms with Gasteiger partial charge in [-0.05, 0) is 64.8 Å². The van der Waals surface area contributed by atoms with E-state index >= 15 is 0 Å². The Hall–Kier alpha value is -6.85. The van der Waals surface area contributed by atoms with Gasteiger partial charge in [-0.3, -0.25) is 0 Å². The van der Waals surface area contributed by atoms with Crippen LogP contribution in [0.25, 0.3) is 99.3 Å². The molecular weight excluding hydrogens is 657 g/mol. The van der Waals surface area contributed by atoms with Crippen molar-refractivity contribution in [1.82, 2.24) is 9.13 Å². The van der Waals surface area contributed by atoms with Crippen LogP contribution in [0.3, 0.4) is 0 Å². The van der Waals surface area contributed by atoms with Gasteiger partial charge >= 0.3 is 0 Å². The topological polar surface area (TPSA) is 26.9 Å². The highest BCUT2D eigenvalue weighted by Crippen LogP contribution is 2.44. The van der Waals surface area contributed by atoms with Crippen LogP contribution in [0.1, 0.15) is 5.56 Å². The van der Waals surface area contributed by atoms with E-state index in [4.69, 9.17) is 4.42 Å². The molecule has 5 heteroatoms. The minimum absolute atomic E-state index is 0.101. The highest BCUT2D eigenvalue weighted by Gasteiger charge is 2.41. The maximum atomic E-state index is 7.12. The molecule has 250 valence electrons. The van der Waals surface area contributed by atoms with Gasteiger partial charge < -0.3 is 13.6 Å². The summed E-state index contributed by atoms with van der Waals surface area (Å²) < 4.78 is 14.4. The van der Waals surface area contributed by atoms with Crippen LogP contribution in [0.4, 0.5) is 0 Å². The van der Waals surface area contributed by atoms with Crippen molar-refractivity contribution in [3.8, 4) is 33.8 Å². The predicted molar refractivity (Wildman–Crippen MR) is 224 cm³/mol. The smallest absolute Gasteiger partial charge is 0.252 e. The lowest BCUT2D eigenvalue weighted by molar-refractivity contribution is -0.660. The predicted octanol–water partition coefficient (Wildman–Crippen LogP) is 9.39. The number of benzene rings is 7. The van der Waals surface area contributed by atoms with Gasteiger partial charge in [0.15, 0.2) is 6.20 Å². The second kappa shape index (κ2) is 9.97. The molecule has 0 bridgehead atoms. The van der Waals surface area contributed by atoms with Gasteiger partial charge in [-0.2, -0.15) is 0 Å². The average molecular weight is 689 g/mol. The summed E-state index contributed by atoms with van der Waals surface area (Å²) in [7, 11) is 2.10.